The summed E-state index contributed by atoms with van der Waals surface area (Å²) in [4.78, 5) is 7.36. The van der Waals surface area contributed by atoms with E-state index in [2.05, 4.69) is 40.7 Å². The molecule has 0 spiro atoms. The van der Waals surface area contributed by atoms with E-state index in [9.17, 15) is 5.11 Å². The SMILES string of the molecule is COc1ccc(CN2CCN(C(C)C)CC2)cc1OC[C@H](O)CN1CCCCC1. The topological polar surface area (TPSA) is 48.4 Å². The average Bonchev–Trinajstić information content (AvgIpc) is 2.73. The van der Waals surface area contributed by atoms with Crippen LogP contribution in [0.5, 0.6) is 11.5 Å². The molecule has 29 heavy (non-hydrogen) atoms. The molecule has 0 aliphatic carbocycles. The summed E-state index contributed by atoms with van der Waals surface area (Å²) in [6.45, 7) is 13.0. The van der Waals surface area contributed by atoms with E-state index in [1.54, 1.807) is 7.11 Å². The summed E-state index contributed by atoms with van der Waals surface area (Å²) < 4.78 is 11.5. The van der Waals surface area contributed by atoms with Crippen LogP contribution >= 0.6 is 0 Å². The Hall–Kier alpha value is -1.34. The average molecular weight is 406 g/mol. The number of piperazine rings is 1. The number of aliphatic hydroxyl groups is 1. The first-order valence-electron chi connectivity index (χ1n) is 11.2. The molecule has 2 aliphatic heterocycles. The monoisotopic (exact) mass is 405 g/mol. The zero-order chi connectivity index (χ0) is 20.6. The first-order chi connectivity index (χ1) is 14.0. The summed E-state index contributed by atoms with van der Waals surface area (Å²) in [6, 6.07) is 6.78. The normalized spacial score (nSPS) is 20.7. The van der Waals surface area contributed by atoms with E-state index in [4.69, 9.17) is 9.47 Å². The zero-order valence-electron chi connectivity index (χ0n) is 18.5. The molecule has 0 aromatic heterocycles. The van der Waals surface area contributed by atoms with Crippen LogP contribution in [0.4, 0.5) is 0 Å². The van der Waals surface area contributed by atoms with Gasteiger partial charge in [-0.25, -0.2) is 0 Å². The molecule has 0 unspecified atom stereocenters. The Morgan fingerprint density at radius 2 is 1.66 bits per heavy atom. The van der Waals surface area contributed by atoms with Gasteiger partial charge in [0.1, 0.15) is 12.7 Å². The van der Waals surface area contributed by atoms with E-state index in [0.29, 0.717) is 19.2 Å². The van der Waals surface area contributed by atoms with Gasteiger partial charge in [0.25, 0.3) is 0 Å². The lowest BCUT2D eigenvalue weighted by Crippen LogP contribution is -2.48. The van der Waals surface area contributed by atoms with Crippen molar-refractivity contribution in [2.24, 2.45) is 0 Å². The molecule has 1 aromatic rings. The van der Waals surface area contributed by atoms with Crippen molar-refractivity contribution in [1.82, 2.24) is 14.7 Å². The zero-order valence-corrected chi connectivity index (χ0v) is 18.5. The Bertz CT molecular complexity index is 611. The Labute approximate surface area is 176 Å². The van der Waals surface area contributed by atoms with Crippen molar-refractivity contribution in [2.75, 3.05) is 59.5 Å². The van der Waals surface area contributed by atoms with Gasteiger partial charge in [-0.05, 0) is 57.5 Å². The Morgan fingerprint density at radius 1 is 0.931 bits per heavy atom. The number of hydrogen-bond donors (Lipinski definition) is 1. The number of ether oxygens (including phenoxy) is 2. The standard InChI is InChI=1S/C23H39N3O3/c1-19(2)26-13-11-25(12-14-26)16-20-7-8-22(28-3)23(15-20)29-18-21(27)17-24-9-5-4-6-10-24/h7-8,15,19,21,27H,4-6,9-14,16-18H2,1-3H3/t21-/m1/s1. The van der Waals surface area contributed by atoms with Gasteiger partial charge in [0.05, 0.1) is 7.11 Å². The number of rotatable bonds is 9. The van der Waals surface area contributed by atoms with Gasteiger partial charge in [-0.15, -0.1) is 0 Å². The second-order valence-electron chi connectivity index (χ2n) is 8.72. The number of aliphatic hydroxyl groups excluding tert-OH is 1. The largest absolute Gasteiger partial charge is 0.493 e. The lowest BCUT2D eigenvalue weighted by Gasteiger charge is -2.37. The summed E-state index contributed by atoms with van der Waals surface area (Å²) in [5, 5.41) is 10.4. The molecule has 3 rings (SSSR count). The third kappa shape index (κ3) is 6.85. The first kappa shape index (κ1) is 22.3. The molecular formula is C23H39N3O3. The van der Waals surface area contributed by atoms with Gasteiger partial charge in [-0.3, -0.25) is 9.80 Å². The number of likely N-dealkylation sites (tertiary alicyclic amines) is 1. The molecule has 2 aliphatic rings. The molecule has 0 radical (unpaired) electrons. The maximum absolute atomic E-state index is 10.4. The van der Waals surface area contributed by atoms with E-state index >= 15 is 0 Å². The third-order valence-corrected chi connectivity index (χ3v) is 6.12. The molecule has 0 saturated carbocycles. The van der Waals surface area contributed by atoms with Crippen LogP contribution in [0.2, 0.25) is 0 Å². The molecule has 1 aromatic carbocycles. The summed E-state index contributed by atoms with van der Waals surface area (Å²) in [7, 11) is 1.66. The van der Waals surface area contributed by atoms with Crippen molar-refractivity contribution in [3.05, 3.63) is 23.8 Å². The molecule has 6 heteroatoms. The molecule has 1 N–H and O–H groups in total. The molecule has 2 heterocycles. The second kappa shape index (κ2) is 11.2. The van der Waals surface area contributed by atoms with Crippen LogP contribution in [-0.4, -0.2) is 91.5 Å². The lowest BCUT2D eigenvalue weighted by molar-refractivity contribution is 0.0607. The maximum atomic E-state index is 10.4. The van der Waals surface area contributed by atoms with Gasteiger partial charge >= 0.3 is 0 Å². The van der Waals surface area contributed by atoms with Gasteiger partial charge < -0.3 is 19.5 Å². The van der Waals surface area contributed by atoms with Crippen LogP contribution in [0, 0.1) is 0 Å². The predicted molar refractivity (Wildman–Crippen MR) is 117 cm³/mol. The number of β-amino-alcohol motifs (C(OH)–C–C–N with tert-alkyl or cyclic N) is 1. The number of benzene rings is 1. The fraction of sp³-hybridized carbons (Fsp3) is 0.739. The molecule has 2 saturated heterocycles. The highest BCUT2D eigenvalue weighted by Gasteiger charge is 2.20. The van der Waals surface area contributed by atoms with E-state index in [1.165, 1.54) is 24.8 Å². The first-order valence-corrected chi connectivity index (χ1v) is 11.2. The summed E-state index contributed by atoms with van der Waals surface area (Å²) in [5.41, 5.74) is 1.23. The minimum Gasteiger partial charge on any atom is -0.493 e. The molecule has 0 amide bonds. The van der Waals surface area contributed by atoms with Crippen LogP contribution in [0.15, 0.2) is 18.2 Å². The number of methoxy groups -OCH3 is 1. The quantitative estimate of drug-likeness (QED) is 0.681. The minimum atomic E-state index is -0.481. The van der Waals surface area contributed by atoms with Gasteiger partial charge in [0.15, 0.2) is 11.5 Å². The molecular weight excluding hydrogens is 366 g/mol. The van der Waals surface area contributed by atoms with Crippen molar-refractivity contribution in [3.8, 4) is 11.5 Å². The number of hydrogen-bond acceptors (Lipinski definition) is 6. The second-order valence-corrected chi connectivity index (χ2v) is 8.72. The van der Waals surface area contributed by atoms with Crippen molar-refractivity contribution in [2.45, 2.75) is 51.8 Å². The van der Waals surface area contributed by atoms with Crippen LogP contribution in [-0.2, 0) is 6.54 Å². The molecule has 1 atom stereocenters. The van der Waals surface area contributed by atoms with Crippen molar-refractivity contribution >= 4 is 0 Å². The fourth-order valence-electron chi connectivity index (χ4n) is 4.31. The number of piperidine rings is 1. The van der Waals surface area contributed by atoms with E-state index in [1.807, 2.05) is 6.07 Å². The van der Waals surface area contributed by atoms with Gasteiger partial charge in [-0.1, -0.05) is 12.5 Å². The van der Waals surface area contributed by atoms with E-state index in [-0.39, 0.29) is 0 Å². The Morgan fingerprint density at radius 3 is 2.31 bits per heavy atom. The van der Waals surface area contributed by atoms with E-state index < -0.39 is 6.10 Å². The van der Waals surface area contributed by atoms with Gasteiger partial charge in [0.2, 0.25) is 0 Å². The van der Waals surface area contributed by atoms with Crippen molar-refractivity contribution in [3.63, 3.8) is 0 Å². The highest BCUT2D eigenvalue weighted by Crippen LogP contribution is 2.29. The van der Waals surface area contributed by atoms with Crippen molar-refractivity contribution in [1.29, 1.82) is 0 Å². The van der Waals surface area contributed by atoms with E-state index in [0.717, 1.165) is 57.3 Å². The van der Waals surface area contributed by atoms with Crippen LogP contribution in [0.1, 0.15) is 38.7 Å². The summed E-state index contributed by atoms with van der Waals surface area (Å²) in [6.07, 6.45) is 3.29. The summed E-state index contributed by atoms with van der Waals surface area (Å²) in [5.74, 6) is 1.45. The lowest BCUT2D eigenvalue weighted by atomic mass is 10.1. The fourth-order valence-corrected chi connectivity index (χ4v) is 4.31. The molecule has 6 nitrogen and oxygen atoms in total. The molecule has 164 valence electrons. The predicted octanol–water partition coefficient (Wildman–Crippen LogP) is 2.45. The number of nitrogens with zero attached hydrogens (tertiary/aromatic N) is 3. The van der Waals surface area contributed by atoms with Gasteiger partial charge in [-0.2, -0.15) is 0 Å². The van der Waals surface area contributed by atoms with Crippen LogP contribution in [0.25, 0.3) is 0 Å². The highest BCUT2D eigenvalue weighted by molar-refractivity contribution is 5.43. The third-order valence-electron chi connectivity index (χ3n) is 6.12. The van der Waals surface area contributed by atoms with Crippen LogP contribution < -0.4 is 9.47 Å². The van der Waals surface area contributed by atoms with Crippen molar-refractivity contribution < 1.29 is 14.6 Å². The Balaban J connectivity index is 1.51. The molecule has 0 bridgehead atoms. The minimum absolute atomic E-state index is 0.295. The Kier molecular flexibility index (Phi) is 8.60. The smallest absolute Gasteiger partial charge is 0.161 e. The highest BCUT2D eigenvalue weighted by atomic mass is 16.5. The summed E-state index contributed by atoms with van der Waals surface area (Å²) >= 11 is 0. The van der Waals surface area contributed by atoms with Crippen LogP contribution in [0.3, 0.4) is 0 Å². The molecule has 2 fully saturated rings. The maximum Gasteiger partial charge on any atom is 0.161 e. The van der Waals surface area contributed by atoms with Gasteiger partial charge in [0, 0.05) is 45.3 Å².